The maximum absolute atomic E-state index is 12.7. The fourth-order valence-corrected chi connectivity index (χ4v) is 2.75. The van der Waals surface area contributed by atoms with E-state index in [1.807, 2.05) is 12.3 Å². The molecule has 7 nitrogen and oxygen atoms in total. The van der Waals surface area contributed by atoms with Gasteiger partial charge in [0.2, 0.25) is 0 Å². The molecule has 128 valence electrons. The molecule has 25 heavy (non-hydrogen) atoms. The molecule has 0 bridgehead atoms. The summed E-state index contributed by atoms with van der Waals surface area (Å²) in [4.78, 5) is 21.1. The normalized spacial score (nSPS) is 10.5. The standard InChI is InChI=1S/C17H16N4O3S/c1-23-13-7-6-11(9-14(13)24-2)15-19-17(25-3)21(20-15)16(22)12-5-4-8-18-10-12/h4-10H,1-3H3. The Bertz CT molecular complexity index is 896. The Morgan fingerprint density at radius 1 is 1.16 bits per heavy atom. The van der Waals surface area contributed by atoms with Crippen LogP contribution in [0, 0.1) is 0 Å². The number of hydrogen-bond donors (Lipinski definition) is 0. The van der Waals surface area contributed by atoms with Gasteiger partial charge in [-0.15, -0.1) is 5.10 Å². The Balaban J connectivity index is 2.02. The predicted octanol–water partition coefficient (Wildman–Crippen LogP) is 2.77. The number of hydrogen-bond acceptors (Lipinski definition) is 7. The molecular weight excluding hydrogens is 340 g/mol. The number of rotatable bonds is 5. The average Bonchev–Trinajstić information content (AvgIpc) is 3.11. The van der Waals surface area contributed by atoms with Gasteiger partial charge in [0, 0.05) is 18.0 Å². The van der Waals surface area contributed by atoms with Crippen LogP contribution in [0.15, 0.2) is 47.9 Å². The Kier molecular flexibility index (Phi) is 4.99. The van der Waals surface area contributed by atoms with Crippen molar-refractivity contribution in [1.82, 2.24) is 19.7 Å². The van der Waals surface area contributed by atoms with Crippen molar-refractivity contribution in [2.75, 3.05) is 20.5 Å². The second-order valence-corrected chi connectivity index (χ2v) is 5.72. The zero-order valence-electron chi connectivity index (χ0n) is 14.0. The summed E-state index contributed by atoms with van der Waals surface area (Å²) in [5.74, 6) is 1.34. The Morgan fingerprint density at radius 2 is 1.96 bits per heavy atom. The second-order valence-electron chi connectivity index (χ2n) is 4.95. The van der Waals surface area contributed by atoms with Crippen LogP contribution in [0.2, 0.25) is 0 Å². The number of benzene rings is 1. The Morgan fingerprint density at radius 3 is 2.60 bits per heavy atom. The van der Waals surface area contributed by atoms with Crippen LogP contribution in [0.25, 0.3) is 11.4 Å². The van der Waals surface area contributed by atoms with Crippen molar-refractivity contribution < 1.29 is 14.3 Å². The summed E-state index contributed by atoms with van der Waals surface area (Å²) in [5.41, 5.74) is 1.17. The summed E-state index contributed by atoms with van der Waals surface area (Å²) < 4.78 is 11.8. The minimum Gasteiger partial charge on any atom is -0.493 e. The van der Waals surface area contributed by atoms with Crippen LogP contribution >= 0.6 is 11.8 Å². The van der Waals surface area contributed by atoms with Gasteiger partial charge >= 0.3 is 0 Å². The lowest BCUT2D eigenvalue weighted by molar-refractivity contribution is 0.0933. The van der Waals surface area contributed by atoms with Crippen molar-refractivity contribution in [1.29, 1.82) is 0 Å². The first-order valence-electron chi connectivity index (χ1n) is 7.36. The molecule has 2 heterocycles. The number of carbonyl (C=O) groups is 1. The van der Waals surface area contributed by atoms with Gasteiger partial charge in [0.25, 0.3) is 5.91 Å². The number of methoxy groups -OCH3 is 2. The third kappa shape index (κ3) is 3.34. The van der Waals surface area contributed by atoms with E-state index in [0.29, 0.717) is 28.0 Å². The number of nitrogens with zero attached hydrogens (tertiary/aromatic N) is 4. The number of pyridine rings is 1. The number of thioether (sulfide) groups is 1. The van der Waals surface area contributed by atoms with E-state index in [0.717, 1.165) is 5.56 Å². The molecule has 0 amide bonds. The highest BCUT2D eigenvalue weighted by molar-refractivity contribution is 7.98. The van der Waals surface area contributed by atoms with E-state index in [2.05, 4.69) is 15.1 Å². The van der Waals surface area contributed by atoms with Crippen molar-refractivity contribution in [2.45, 2.75) is 5.16 Å². The molecule has 0 saturated carbocycles. The maximum atomic E-state index is 12.7. The van der Waals surface area contributed by atoms with E-state index in [1.165, 1.54) is 22.6 Å². The molecule has 3 rings (SSSR count). The maximum Gasteiger partial charge on any atom is 0.282 e. The average molecular weight is 356 g/mol. The first kappa shape index (κ1) is 17.0. The highest BCUT2D eigenvalue weighted by atomic mass is 32.2. The fraction of sp³-hybridized carbons (Fsp3) is 0.176. The zero-order valence-corrected chi connectivity index (χ0v) is 14.8. The van der Waals surface area contributed by atoms with Gasteiger partial charge in [-0.3, -0.25) is 9.78 Å². The van der Waals surface area contributed by atoms with Crippen LogP contribution in [0.4, 0.5) is 0 Å². The van der Waals surface area contributed by atoms with Gasteiger partial charge in [-0.05, 0) is 36.6 Å². The molecule has 0 spiro atoms. The van der Waals surface area contributed by atoms with Crippen LogP contribution in [0.5, 0.6) is 11.5 Å². The molecule has 0 unspecified atom stereocenters. The van der Waals surface area contributed by atoms with E-state index >= 15 is 0 Å². The molecule has 0 N–H and O–H groups in total. The minimum atomic E-state index is -0.281. The van der Waals surface area contributed by atoms with E-state index in [-0.39, 0.29) is 5.91 Å². The van der Waals surface area contributed by atoms with Gasteiger partial charge in [0.05, 0.1) is 19.8 Å². The first-order valence-corrected chi connectivity index (χ1v) is 8.58. The lowest BCUT2D eigenvalue weighted by Crippen LogP contribution is -2.15. The fourth-order valence-electron chi connectivity index (χ4n) is 2.27. The van der Waals surface area contributed by atoms with Gasteiger partial charge in [-0.25, -0.2) is 4.98 Å². The highest BCUT2D eigenvalue weighted by Crippen LogP contribution is 2.31. The second kappa shape index (κ2) is 7.35. The van der Waals surface area contributed by atoms with Crippen molar-refractivity contribution in [3.63, 3.8) is 0 Å². The molecule has 0 fully saturated rings. The highest BCUT2D eigenvalue weighted by Gasteiger charge is 2.19. The van der Waals surface area contributed by atoms with Gasteiger partial charge in [0.15, 0.2) is 22.5 Å². The lowest BCUT2D eigenvalue weighted by atomic mass is 10.2. The summed E-state index contributed by atoms with van der Waals surface area (Å²) in [5, 5.41) is 4.87. The largest absolute Gasteiger partial charge is 0.493 e. The van der Waals surface area contributed by atoms with Gasteiger partial charge in [-0.2, -0.15) is 4.68 Å². The number of aromatic nitrogens is 4. The molecule has 0 aliphatic carbocycles. The van der Waals surface area contributed by atoms with E-state index in [1.54, 1.807) is 44.7 Å². The third-order valence-corrected chi connectivity index (χ3v) is 4.13. The first-order chi connectivity index (χ1) is 12.2. The Hall–Kier alpha value is -2.87. The molecule has 8 heteroatoms. The number of carbonyl (C=O) groups excluding carboxylic acids is 1. The summed E-state index contributed by atoms with van der Waals surface area (Å²) in [6.45, 7) is 0. The van der Waals surface area contributed by atoms with Gasteiger partial charge < -0.3 is 9.47 Å². The third-order valence-electron chi connectivity index (χ3n) is 3.50. The molecule has 0 radical (unpaired) electrons. The van der Waals surface area contributed by atoms with E-state index in [9.17, 15) is 4.79 Å². The summed E-state index contributed by atoms with van der Waals surface area (Å²) in [7, 11) is 3.13. The van der Waals surface area contributed by atoms with E-state index < -0.39 is 0 Å². The summed E-state index contributed by atoms with van der Waals surface area (Å²) >= 11 is 1.34. The topological polar surface area (TPSA) is 79.1 Å². The molecule has 0 saturated heterocycles. The van der Waals surface area contributed by atoms with Crippen molar-refractivity contribution >= 4 is 17.7 Å². The molecule has 3 aromatic rings. The quantitative estimate of drug-likeness (QED) is 0.650. The molecule has 0 aliphatic heterocycles. The van der Waals surface area contributed by atoms with Crippen molar-refractivity contribution in [3.05, 3.63) is 48.3 Å². The van der Waals surface area contributed by atoms with Crippen LogP contribution in [0.1, 0.15) is 10.4 Å². The summed E-state index contributed by atoms with van der Waals surface area (Å²) in [6, 6.07) is 8.77. The van der Waals surface area contributed by atoms with Crippen LogP contribution in [0.3, 0.4) is 0 Å². The van der Waals surface area contributed by atoms with Gasteiger partial charge in [-0.1, -0.05) is 11.8 Å². The molecular formula is C17H16N4O3S. The smallest absolute Gasteiger partial charge is 0.282 e. The van der Waals surface area contributed by atoms with Gasteiger partial charge in [0.1, 0.15) is 0 Å². The predicted molar refractivity (Wildman–Crippen MR) is 94.3 cm³/mol. The van der Waals surface area contributed by atoms with E-state index in [4.69, 9.17) is 9.47 Å². The monoisotopic (exact) mass is 356 g/mol. The van der Waals surface area contributed by atoms with Crippen LogP contribution in [-0.2, 0) is 0 Å². The van der Waals surface area contributed by atoms with Crippen LogP contribution < -0.4 is 9.47 Å². The SMILES string of the molecule is COc1ccc(-c2nc(SC)n(C(=O)c3cccnc3)n2)cc1OC. The molecule has 1 aromatic carbocycles. The molecule has 2 aromatic heterocycles. The van der Waals surface area contributed by atoms with Crippen molar-refractivity contribution in [2.24, 2.45) is 0 Å². The molecule has 0 atom stereocenters. The molecule has 0 aliphatic rings. The minimum absolute atomic E-state index is 0.281. The lowest BCUT2D eigenvalue weighted by Gasteiger charge is -2.07. The zero-order chi connectivity index (χ0) is 17.8. The Labute approximate surface area is 149 Å². The van der Waals surface area contributed by atoms with Crippen molar-refractivity contribution in [3.8, 4) is 22.9 Å². The summed E-state index contributed by atoms with van der Waals surface area (Å²) in [6.07, 6.45) is 4.96. The number of ether oxygens (including phenoxy) is 2. The van der Waals surface area contributed by atoms with Crippen LogP contribution in [-0.4, -0.2) is 46.1 Å².